The molecule has 2 aromatic heterocycles. The van der Waals surface area contributed by atoms with Crippen LogP contribution in [0.3, 0.4) is 0 Å². The predicted octanol–water partition coefficient (Wildman–Crippen LogP) is 2.76. The molecule has 0 fully saturated rings. The Morgan fingerprint density at radius 3 is 2.94 bits per heavy atom. The van der Waals surface area contributed by atoms with Crippen molar-refractivity contribution in [2.75, 3.05) is 0 Å². The van der Waals surface area contributed by atoms with Crippen LogP contribution in [0, 0.1) is 0 Å². The molecule has 0 spiro atoms. The van der Waals surface area contributed by atoms with Gasteiger partial charge in [0.05, 0.1) is 17.2 Å². The molecule has 2 heterocycles. The number of carbonyl (C=O) groups excluding carboxylic acids is 1. The minimum atomic E-state index is 0.103. The second-order valence-corrected chi connectivity index (χ2v) is 4.66. The van der Waals surface area contributed by atoms with Gasteiger partial charge in [-0.3, -0.25) is 4.79 Å². The Morgan fingerprint density at radius 2 is 2.38 bits per heavy atom. The van der Waals surface area contributed by atoms with Crippen LogP contribution in [0.2, 0.25) is 0 Å². The highest BCUT2D eigenvalue weighted by atomic mass is 32.1. The summed E-state index contributed by atoms with van der Waals surface area (Å²) < 4.78 is 1.99. The summed E-state index contributed by atoms with van der Waals surface area (Å²) in [6.45, 7) is 4.42. The number of Topliss-reactive ketones (excluding diaryl/α,β-unsaturated/α-hetero) is 1. The van der Waals surface area contributed by atoms with E-state index in [4.69, 9.17) is 0 Å². The van der Waals surface area contributed by atoms with Crippen molar-refractivity contribution >= 4 is 17.1 Å². The summed E-state index contributed by atoms with van der Waals surface area (Å²) >= 11 is 1.69. The topological polar surface area (TPSA) is 34.9 Å². The Balaban J connectivity index is 2.11. The van der Waals surface area contributed by atoms with E-state index >= 15 is 0 Å². The quantitative estimate of drug-likeness (QED) is 0.762. The van der Waals surface area contributed by atoms with E-state index < -0.39 is 0 Å². The molecule has 0 amide bonds. The molecule has 0 aliphatic rings. The maximum absolute atomic E-state index is 11.1. The fraction of sp³-hybridized carbons (Fsp3) is 0.333. The molecule has 0 aromatic carbocycles. The van der Waals surface area contributed by atoms with Crippen LogP contribution in [0.15, 0.2) is 23.8 Å². The normalized spacial score (nSPS) is 10.6. The largest absolute Gasteiger partial charge is 0.348 e. The molecule has 0 bridgehead atoms. The number of carbonyl (C=O) groups is 1. The number of aryl methyl sites for hydroxylation is 1. The third-order valence-corrected chi connectivity index (χ3v) is 3.45. The van der Waals surface area contributed by atoms with Crippen LogP contribution in [0.1, 0.15) is 34.9 Å². The maximum Gasteiger partial charge on any atom is 0.161 e. The van der Waals surface area contributed by atoms with Crippen molar-refractivity contribution in [3.05, 3.63) is 40.1 Å². The Hall–Kier alpha value is -1.42. The average Bonchev–Trinajstić information content (AvgIpc) is 2.87. The fourth-order valence-corrected chi connectivity index (χ4v) is 2.25. The summed E-state index contributed by atoms with van der Waals surface area (Å²) in [5.74, 6) is 0.103. The molecule has 4 heteroatoms. The van der Waals surface area contributed by atoms with Gasteiger partial charge < -0.3 is 4.57 Å². The minimum absolute atomic E-state index is 0.103. The Labute approximate surface area is 98.8 Å². The van der Waals surface area contributed by atoms with Crippen LogP contribution in [0.5, 0.6) is 0 Å². The molecule has 0 saturated heterocycles. The van der Waals surface area contributed by atoms with Crippen molar-refractivity contribution in [2.24, 2.45) is 0 Å². The van der Waals surface area contributed by atoms with Gasteiger partial charge in [-0.15, -0.1) is 11.3 Å². The fourth-order valence-electron chi connectivity index (χ4n) is 1.52. The van der Waals surface area contributed by atoms with E-state index in [-0.39, 0.29) is 5.78 Å². The minimum Gasteiger partial charge on any atom is -0.348 e. The van der Waals surface area contributed by atoms with E-state index in [9.17, 15) is 4.79 Å². The molecule has 0 N–H and O–H groups in total. The zero-order chi connectivity index (χ0) is 11.5. The molecule has 16 heavy (non-hydrogen) atoms. The summed E-state index contributed by atoms with van der Waals surface area (Å²) in [6, 6.07) is 1.84. The first-order chi connectivity index (χ1) is 7.69. The number of ketones is 1. The highest BCUT2D eigenvalue weighted by Crippen LogP contribution is 2.12. The number of rotatable bonds is 4. The molecular formula is C12H14N2OS. The van der Waals surface area contributed by atoms with Gasteiger partial charge in [-0.25, -0.2) is 4.98 Å². The van der Waals surface area contributed by atoms with E-state index in [1.54, 1.807) is 18.3 Å². The average molecular weight is 234 g/mol. The van der Waals surface area contributed by atoms with Gasteiger partial charge >= 0.3 is 0 Å². The number of hydrogen-bond donors (Lipinski definition) is 0. The van der Waals surface area contributed by atoms with Gasteiger partial charge in [0.15, 0.2) is 5.78 Å². The van der Waals surface area contributed by atoms with Crippen molar-refractivity contribution in [3.8, 4) is 0 Å². The van der Waals surface area contributed by atoms with Gasteiger partial charge in [0.1, 0.15) is 0 Å². The van der Waals surface area contributed by atoms with Crippen molar-refractivity contribution in [2.45, 2.75) is 26.8 Å². The Kier molecular flexibility index (Phi) is 3.19. The highest BCUT2D eigenvalue weighted by molar-refractivity contribution is 7.09. The zero-order valence-electron chi connectivity index (χ0n) is 9.43. The lowest BCUT2D eigenvalue weighted by Gasteiger charge is -1.98. The van der Waals surface area contributed by atoms with E-state index in [1.165, 1.54) is 0 Å². The molecule has 0 aliphatic heterocycles. The lowest BCUT2D eigenvalue weighted by atomic mass is 10.2. The zero-order valence-corrected chi connectivity index (χ0v) is 10.3. The molecule has 84 valence electrons. The first-order valence-electron chi connectivity index (χ1n) is 5.29. The van der Waals surface area contributed by atoms with Gasteiger partial charge in [0.2, 0.25) is 0 Å². The molecule has 0 atom stereocenters. The third kappa shape index (κ3) is 2.39. The maximum atomic E-state index is 11.1. The van der Waals surface area contributed by atoms with Gasteiger partial charge in [-0.05, 0) is 19.4 Å². The standard InChI is InChI=1S/C12H14N2OS/c1-3-12-13-11(8-16-12)7-14-5-4-10(6-14)9(2)15/h4-6,8H,3,7H2,1-2H3. The van der Waals surface area contributed by atoms with Gasteiger partial charge in [0, 0.05) is 23.3 Å². The summed E-state index contributed by atoms with van der Waals surface area (Å²) in [4.78, 5) is 15.6. The summed E-state index contributed by atoms with van der Waals surface area (Å²) in [7, 11) is 0. The lowest BCUT2D eigenvalue weighted by molar-refractivity contribution is 0.101. The van der Waals surface area contributed by atoms with Crippen molar-refractivity contribution < 1.29 is 4.79 Å². The SMILES string of the molecule is CCc1nc(Cn2ccc(C(C)=O)c2)cs1. The summed E-state index contributed by atoms with van der Waals surface area (Å²) in [5, 5.41) is 3.24. The second kappa shape index (κ2) is 4.61. The van der Waals surface area contributed by atoms with Crippen molar-refractivity contribution in [1.82, 2.24) is 9.55 Å². The molecular weight excluding hydrogens is 220 g/mol. The van der Waals surface area contributed by atoms with Crippen LogP contribution in [0.4, 0.5) is 0 Å². The monoisotopic (exact) mass is 234 g/mol. The van der Waals surface area contributed by atoms with Crippen LogP contribution >= 0.6 is 11.3 Å². The van der Waals surface area contributed by atoms with Crippen LogP contribution in [-0.4, -0.2) is 15.3 Å². The smallest absolute Gasteiger partial charge is 0.161 e. The first kappa shape index (κ1) is 11.1. The molecule has 2 aromatic rings. The van der Waals surface area contributed by atoms with Crippen LogP contribution < -0.4 is 0 Å². The van der Waals surface area contributed by atoms with Gasteiger partial charge in [-0.1, -0.05) is 6.92 Å². The highest BCUT2D eigenvalue weighted by Gasteiger charge is 2.04. The van der Waals surface area contributed by atoms with Crippen LogP contribution in [0.25, 0.3) is 0 Å². The van der Waals surface area contributed by atoms with Crippen LogP contribution in [-0.2, 0) is 13.0 Å². The van der Waals surface area contributed by atoms with Gasteiger partial charge in [-0.2, -0.15) is 0 Å². The van der Waals surface area contributed by atoms with E-state index in [2.05, 4.69) is 17.3 Å². The number of aromatic nitrogens is 2. The number of nitrogens with zero attached hydrogens (tertiary/aromatic N) is 2. The Bertz CT molecular complexity index is 499. The number of hydrogen-bond acceptors (Lipinski definition) is 3. The molecule has 0 radical (unpaired) electrons. The Morgan fingerprint density at radius 1 is 1.56 bits per heavy atom. The number of thiazole rings is 1. The summed E-state index contributed by atoms with van der Waals surface area (Å²) in [6.07, 6.45) is 4.77. The first-order valence-corrected chi connectivity index (χ1v) is 6.17. The molecule has 0 saturated carbocycles. The lowest BCUT2D eigenvalue weighted by Crippen LogP contribution is -1.97. The molecule has 3 nitrogen and oxygen atoms in total. The second-order valence-electron chi connectivity index (χ2n) is 3.71. The van der Waals surface area contributed by atoms with E-state index in [0.29, 0.717) is 0 Å². The molecule has 0 aliphatic carbocycles. The molecule has 0 unspecified atom stereocenters. The van der Waals surface area contributed by atoms with E-state index in [0.717, 1.165) is 29.2 Å². The predicted molar refractivity (Wildman–Crippen MR) is 65.0 cm³/mol. The van der Waals surface area contributed by atoms with Gasteiger partial charge in [0.25, 0.3) is 0 Å². The summed E-state index contributed by atoms with van der Waals surface area (Å²) in [5.41, 5.74) is 1.82. The van der Waals surface area contributed by atoms with E-state index in [1.807, 2.05) is 23.0 Å². The third-order valence-electron chi connectivity index (χ3n) is 2.40. The van der Waals surface area contributed by atoms with Crippen molar-refractivity contribution in [3.63, 3.8) is 0 Å². The van der Waals surface area contributed by atoms with Crippen molar-refractivity contribution in [1.29, 1.82) is 0 Å². The molecule has 2 rings (SSSR count).